The zero-order valence-electron chi connectivity index (χ0n) is 14.3. The van der Waals surface area contributed by atoms with Crippen molar-refractivity contribution in [1.29, 1.82) is 0 Å². The number of nitrogens with zero attached hydrogens (tertiary/aromatic N) is 1. The predicted molar refractivity (Wildman–Crippen MR) is 93.9 cm³/mol. The maximum Gasteiger partial charge on any atom is 0.271 e. The van der Waals surface area contributed by atoms with Crippen molar-refractivity contribution >= 4 is 12.1 Å². The molecule has 7 heteroatoms. The summed E-state index contributed by atoms with van der Waals surface area (Å²) in [5, 5.41) is 13.6. The van der Waals surface area contributed by atoms with E-state index < -0.39 is 0 Å². The molecule has 0 aliphatic heterocycles. The normalized spacial score (nSPS) is 10.5. The fraction of sp³-hybridized carbons (Fsp3) is 0.222. The van der Waals surface area contributed by atoms with Crippen molar-refractivity contribution in [3.05, 3.63) is 47.5 Å². The lowest BCUT2D eigenvalue weighted by molar-refractivity contribution is 0.0954. The molecule has 1 amide bonds. The van der Waals surface area contributed by atoms with Crippen LogP contribution in [0, 0.1) is 0 Å². The maximum atomic E-state index is 12.1. The van der Waals surface area contributed by atoms with Crippen LogP contribution in [0.5, 0.6) is 23.0 Å². The summed E-state index contributed by atoms with van der Waals surface area (Å²) in [6, 6.07) is 9.61. The Kier molecular flexibility index (Phi) is 6.22. The van der Waals surface area contributed by atoms with Gasteiger partial charge in [0, 0.05) is 5.56 Å². The number of carbonyl (C=O) groups is 1. The average Bonchev–Trinajstić information content (AvgIpc) is 2.63. The second-order valence-electron chi connectivity index (χ2n) is 4.93. The van der Waals surface area contributed by atoms with Crippen LogP contribution in [0.15, 0.2) is 41.5 Å². The van der Waals surface area contributed by atoms with Crippen LogP contribution in [-0.4, -0.2) is 38.1 Å². The standard InChI is InChI=1S/C18H20N2O5/c1-4-25-16-9-12(5-7-14(16)21)11-19-20-18(22)13-6-8-15(23-2)17(10-13)24-3/h5-11,21H,4H2,1-3H3,(H,20,22). The minimum Gasteiger partial charge on any atom is -0.504 e. The van der Waals surface area contributed by atoms with Crippen LogP contribution in [0.25, 0.3) is 0 Å². The molecule has 0 fully saturated rings. The number of nitrogens with one attached hydrogen (secondary N) is 1. The molecule has 0 aliphatic carbocycles. The lowest BCUT2D eigenvalue weighted by Gasteiger charge is -2.08. The number of hydrogen-bond acceptors (Lipinski definition) is 6. The maximum absolute atomic E-state index is 12.1. The Balaban J connectivity index is 2.06. The van der Waals surface area contributed by atoms with Crippen molar-refractivity contribution in [2.45, 2.75) is 6.92 Å². The van der Waals surface area contributed by atoms with Crippen LogP contribution in [0.2, 0.25) is 0 Å². The zero-order valence-corrected chi connectivity index (χ0v) is 14.3. The van der Waals surface area contributed by atoms with Gasteiger partial charge in [0.05, 0.1) is 27.0 Å². The lowest BCUT2D eigenvalue weighted by Crippen LogP contribution is -2.17. The summed E-state index contributed by atoms with van der Waals surface area (Å²) >= 11 is 0. The van der Waals surface area contributed by atoms with Crippen molar-refractivity contribution in [1.82, 2.24) is 5.43 Å². The van der Waals surface area contributed by atoms with E-state index in [1.54, 1.807) is 30.3 Å². The first-order valence-electron chi connectivity index (χ1n) is 7.60. The minimum absolute atomic E-state index is 0.0494. The topological polar surface area (TPSA) is 89.4 Å². The summed E-state index contributed by atoms with van der Waals surface area (Å²) in [4.78, 5) is 12.1. The highest BCUT2D eigenvalue weighted by Gasteiger charge is 2.10. The quantitative estimate of drug-likeness (QED) is 0.595. The van der Waals surface area contributed by atoms with Crippen LogP contribution in [-0.2, 0) is 0 Å². The van der Waals surface area contributed by atoms with E-state index in [4.69, 9.17) is 14.2 Å². The zero-order chi connectivity index (χ0) is 18.2. The molecule has 0 spiro atoms. The second kappa shape index (κ2) is 8.58. The molecule has 0 radical (unpaired) electrons. The third-order valence-electron chi connectivity index (χ3n) is 3.31. The van der Waals surface area contributed by atoms with Crippen LogP contribution < -0.4 is 19.6 Å². The number of hydrogen-bond donors (Lipinski definition) is 2. The van der Waals surface area contributed by atoms with Gasteiger partial charge in [0.15, 0.2) is 23.0 Å². The van der Waals surface area contributed by atoms with Gasteiger partial charge >= 0.3 is 0 Å². The predicted octanol–water partition coefficient (Wildman–Crippen LogP) is 2.57. The van der Waals surface area contributed by atoms with E-state index in [1.807, 2.05) is 6.92 Å². The second-order valence-corrected chi connectivity index (χ2v) is 4.93. The average molecular weight is 344 g/mol. The Bertz CT molecular complexity index is 774. The summed E-state index contributed by atoms with van der Waals surface area (Å²) in [5.74, 6) is 1.01. The van der Waals surface area contributed by atoms with E-state index in [0.717, 1.165) is 0 Å². The van der Waals surface area contributed by atoms with Gasteiger partial charge in [0.2, 0.25) is 0 Å². The number of rotatable bonds is 7. The minimum atomic E-state index is -0.388. The Morgan fingerprint density at radius 3 is 2.56 bits per heavy atom. The number of ether oxygens (including phenoxy) is 3. The molecule has 0 heterocycles. The lowest BCUT2D eigenvalue weighted by atomic mass is 10.2. The van der Waals surface area contributed by atoms with Gasteiger partial charge in [-0.1, -0.05) is 0 Å². The van der Waals surface area contributed by atoms with Crippen LogP contribution in [0.3, 0.4) is 0 Å². The number of phenolic OH excluding ortho intramolecular Hbond substituents is 1. The van der Waals surface area contributed by atoms with Gasteiger partial charge in [0.1, 0.15) is 0 Å². The van der Waals surface area contributed by atoms with Crippen LogP contribution in [0.4, 0.5) is 0 Å². The van der Waals surface area contributed by atoms with Crippen molar-refractivity contribution in [2.75, 3.05) is 20.8 Å². The fourth-order valence-electron chi connectivity index (χ4n) is 2.09. The SMILES string of the molecule is CCOc1cc(C=NNC(=O)c2ccc(OC)c(OC)c2)ccc1O. The van der Waals surface area contributed by atoms with E-state index in [1.165, 1.54) is 26.5 Å². The van der Waals surface area contributed by atoms with Gasteiger partial charge in [-0.05, 0) is 48.9 Å². The van der Waals surface area contributed by atoms with E-state index in [2.05, 4.69) is 10.5 Å². The van der Waals surface area contributed by atoms with Gasteiger partial charge in [0.25, 0.3) is 5.91 Å². The molecule has 25 heavy (non-hydrogen) atoms. The molecule has 0 bridgehead atoms. The first kappa shape index (κ1) is 18.1. The molecular weight excluding hydrogens is 324 g/mol. The third-order valence-corrected chi connectivity index (χ3v) is 3.31. The molecule has 2 N–H and O–H groups in total. The summed E-state index contributed by atoms with van der Waals surface area (Å²) in [5.41, 5.74) is 3.49. The highest BCUT2D eigenvalue weighted by molar-refractivity contribution is 5.95. The number of phenols is 1. The smallest absolute Gasteiger partial charge is 0.271 e. The molecule has 0 aliphatic rings. The Morgan fingerprint density at radius 1 is 1.12 bits per heavy atom. The summed E-state index contributed by atoms with van der Waals surface area (Å²) in [6.07, 6.45) is 1.46. The Morgan fingerprint density at radius 2 is 1.88 bits per heavy atom. The van der Waals surface area contributed by atoms with E-state index >= 15 is 0 Å². The molecule has 0 saturated heterocycles. The highest BCUT2D eigenvalue weighted by atomic mass is 16.5. The molecule has 0 unspecified atom stereocenters. The Hall–Kier alpha value is -3.22. The number of hydrazone groups is 1. The number of methoxy groups -OCH3 is 2. The summed E-state index contributed by atoms with van der Waals surface area (Å²) in [7, 11) is 3.02. The highest BCUT2D eigenvalue weighted by Crippen LogP contribution is 2.27. The molecule has 0 aromatic heterocycles. The number of amides is 1. The monoisotopic (exact) mass is 344 g/mol. The molecular formula is C18H20N2O5. The van der Waals surface area contributed by atoms with Gasteiger partial charge in [-0.2, -0.15) is 5.10 Å². The largest absolute Gasteiger partial charge is 0.504 e. The van der Waals surface area contributed by atoms with Crippen molar-refractivity contribution in [3.8, 4) is 23.0 Å². The van der Waals surface area contributed by atoms with Gasteiger partial charge < -0.3 is 19.3 Å². The molecule has 7 nitrogen and oxygen atoms in total. The van der Waals surface area contributed by atoms with E-state index in [0.29, 0.717) is 35.0 Å². The van der Waals surface area contributed by atoms with Gasteiger partial charge in [-0.25, -0.2) is 5.43 Å². The van der Waals surface area contributed by atoms with Crippen molar-refractivity contribution in [3.63, 3.8) is 0 Å². The number of benzene rings is 2. The summed E-state index contributed by atoms with van der Waals surface area (Å²) in [6.45, 7) is 2.26. The van der Waals surface area contributed by atoms with Gasteiger partial charge in [-0.15, -0.1) is 0 Å². The van der Waals surface area contributed by atoms with Crippen LogP contribution >= 0.6 is 0 Å². The van der Waals surface area contributed by atoms with Crippen molar-refractivity contribution in [2.24, 2.45) is 5.10 Å². The number of aromatic hydroxyl groups is 1. The molecule has 132 valence electrons. The van der Waals surface area contributed by atoms with Crippen LogP contribution in [0.1, 0.15) is 22.8 Å². The molecule has 2 aromatic rings. The van der Waals surface area contributed by atoms with E-state index in [-0.39, 0.29) is 11.7 Å². The molecule has 2 rings (SSSR count). The van der Waals surface area contributed by atoms with E-state index in [9.17, 15) is 9.90 Å². The molecule has 0 saturated carbocycles. The third kappa shape index (κ3) is 4.63. The Labute approximate surface area is 145 Å². The summed E-state index contributed by atoms with van der Waals surface area (Å²) < 4.78 is 15.6. The number of carbonyl (C=O) groups excluding carboxylic acids is 1. The van der Waals surface area contributed by atoms with Crippen molar-refractivity contribution < 1.29 is 24.1 Å². The first-order valence-corrected chi connectivity index (χ1v) is 7.60. The molecule has 0 atom stereocenters. The van der Waals surface area contributed by atoms with Gasteiger partial charge in [-0.3, -0.25) is 4.79 Å². The first-order chi connectivity index (χ1) is 12.1. The molecule has 2 aromatic carbocycles. The fourth-order valence-corrected chi connectivity index (χ4v) is 2.09.